The van der Waals surface area contributed by atoms with Gasteiger partial charge in [-0.15, -0.1) is 11.3 Å². The first-order valence-corrected chi connectivity index (χ1v) is 7.57. The summed E-state index contributed by atoms with van der Waals surface area (Å²) < 4.78 is 0. The Balaban J connectivity index is 2.57. The molecule has 0 aromatic carbocycles. The van der Waals surface area contributed by atoms with Gasteiger partial charge < -0.3 is 10.2 Å². The number of thiazole rings is 1. The molecular weight excluding hydrogens is 242 g/mol. The van der Waals surface area contributed by atoms with E-state index in [1.165, 1.54) is 17.7 Å². The van der Waals surface area contributed by atoms with Crippen molar-refractivity contribution in [1.29, 1.82) is 0 Å². The Hall–Kier alpha value is -0.610. The topological polar surface area (TPSA) is 28.2 Å². The average Bonchev–Trinajstić information content (AvgIpc) is 2.73. The molecule has 1 rings (SSSR count). The molecule has 0 saturated heterocycles. The van der Waals surface area contributed by atoms with E-state index in [1.807, 2.05) is 6.20 Å². The third kappa shape index (κ3) is 4.94. The van der Waals surface area contributed by atoms with Gasteiger partial charge in [-0.25, -0.2) is 4.98 Å². The van der Waals surface area contributed by atoms with Gasteiger partial charge in [0.2, 0.25) is 0 Å². The van der Waals surface area contributed by atoms with Gasteiger partial charge >= 0.3 is 0 Å². The summed E-state index contributed by atoms with van der Waals surface area (Å²) in [4.78, 5) is 8.11. The molecule has 1 aromatic heterocycles. The molecule has 0 aliphatic carbocycles. The van der Waals surface area contributed by atoms with E-state index in [1.54, 1.807) is 11.3 Å². The second-order valence-corrected chi connectivity index (χ2v) is 7.05. The van der Waals surface area contributed by atoms with Crippen molar-refractivity contribution in [2.75, 3.05) is 11.9 Å². The van der Waals surface area contributed by atoms with Crippen LogP contribution < -0.4 is 10.2 Å². The van der Waals surface area contributed by atoms with E-state index in [0.717, 1.165) is 11.7 Å². The van der Waals surface area contributed by atoms with E-state index in [4.69, 9.17) is 0 Å². The normalized spacial score (nSPS) is 13.7. The molecule has 4 heteroatoms. The highest BCUT2D eigenvalue weighted by Gasteiger charge is 2.14. The van der Waals surface area contributed by atoms with Crippen molar-refractivity contribution >= 4 is 16.5 Å². The van der Waals surface area contributed by atoms with Gasteiger partial charge in [0.25, 0.3) is 0 Å². The lowest BCUT2D eigenvalue weighted by molar-refractivity contribution is 0.426. The lowest BCUT2D eigenvalue weighted by atomic mass is 10.1. The quantitative estimate of drug-likeness (QED) is 0.854. The highest BCUT2D eigenvalue weighted by atomic mass is 32.1. The smallest absolute Gasteiger partial charge is 0.185 e. The molecule has 0 aliphatic rings. The maximum absolute atomic E-state index is 4.52. The maximum Gasteiger partial charge on any atom is 0.185 e. The summed E-state index contributed by atoms with van der Waals surface area (Å²) in [7, 11) is 2.14. The molecule has 1 atom stereocenters. The summed E-state index contributed by atoms with van der Waals surface area (Å²) in [5, 5.41) is 4.62. The molecule has 104 valence electrons. The summed E-state index contributed by atoms with van der Waals surface area (Å²) in [6.07, 6.45) is 4.43. The zero-order valence-electron chi connectivity index (χ0n) is 12.6. The fourth-order valence-corrected chi connectivity index (χ4v) is 2.61. The molecule has 0 saturated carbocycles. The van der Waals surface area contributed by atoms with Crippen LogP contribution in [0, 0.1) is 0 Å². The van der Waals surface area contributed by atoms with Crippen LogP contribution in [0.5, 0.6) is 0 Å². The van der Waals surface area contributed by atoms with Crippen molar-refractivity contribution in [2.24, 2.45) is 0 Å². The first-order valence-electron chi connectivity index (χ1n) is 6.76. The van der Waals surface area contributed by atoms with Gasteiger partial charge in [-0.1, -0.05) is 13.3 Å². The van der Waals surface area contributed by atoms with Crippen LogP contribution in [0.3, 0.4) is 0 Å². The van der Waals surface area contributed by atoms with Gasteiger partial charge in [-0.05, 0) is 34.1 Å². The lowest BCUT2D eigenvalue weighted by Crippen LogP contribution is -2.34. The molecule has 0 amide bonds. The van der Waals surface area contributed by atoms with Crippen LogP contribution >= 0.6 is 11.3 Å². The van der Waals surface area contributed by atoms with Crippen LogP contribution in [0.4, 0.5) is 5.13 Å². The maximum atomic E-state index is 4.52. The van der Waals surface area contributed by atoms with Gasteiger partial charge in [0.15, 0.2) is 5.13 Å². The summed E-state index contributed by atoms with van der Waals surface area (Å²) in [6, 6.07) is 0.560. The minimum atomic E-state index is 0.158. The first kappa shape index (κ1) is 15.4. The van der Waals surface area contributed by atoms with E-state index in [2.05, 4.69) is 56.9 Å². The second-order valence-electron chi connectivity index (χ2n) is 5.96. The molecule has 0 spiro atoms. The van der Waals surface area contributed by atoms with Crippen LogP contribution in [-0.2, 0) is 6.54 Å². The standard InChI is InChI=1S/C14H27N3S/c1-7-8-11(2)17(6)13-15-9-12(18-13)10-16-14(3,4)5/h9,11,16H,7-8,10H2,1-6H3. The number of hydrogen-bond acceptors (Lipinski definition) is 4. The number of rotatable bonds is 6. The molecular formula is C14H27N3S. The Bertz CT molecular complexity index is 354. The number of anilines is 1. The van der Waals surface area contributed by atoms with Gasteiger partial charge in [0.05, 0.1) is 0 Å². The molecule has 0 fully saturated rings. The van der Waals surface area contributed by atoms with Crippen molar-refractivity contribution in [3.8, 4) is 0 Å². The molecule has 0 radical (unpaired) electrons. The zero-order chi connectivity index (χ0) is 13.8. The molecule has 1 heterocycles. The summed E-state index contributed by atoms with van der Waals surface area (Å²) >= 11 is 1.79. The molecule has 18 heavy (non-hydrogen) atoms. The molecule has 1 N–H and O–H groups in total. The SMILES string of the molecule is CCCC(C)N(C)c1ncc(CNC(C)(C)C)s1. The minimum Gasteiger partial charge on any atom is -0.348 e. The van der Waals surface area contributed by atoms with Crippen LogP contribution in [0.15, 0.2) is 6.20 Å². The highest BCUT2D eigenvalue weighted by molar-refractivity contribution is 7.15. The Morgan fingerprint density at radius 3 is 2.67 bits per heavy atom. The number of hydrogen-bond donors (Lipinski definition) is 1. The number of nitrogens with zero attached hydrogens (tertiary/aromatic N) is 2. The Morgan fingerprint density at radius 1 is 1.44 bits per heavy atom. The van der Waals surface area contributed by atoms with E-state index < -0.39 is 0 Å². The third-order valence-corrected chi connectivity index (χ3v) is 4.09. The fraction of sp³-hybridized carbons (Fsp3) is 0.786. The van der Waals surface area contributed by atoms with Crippen molar-refractivity contribution in [1.82, 2.24) is 10.3 Å². The Kier molecular flexibility index (Phi) is 5.60. The van der Waals surface area contributed by atoms with E-state index >= 15 is 0 Å². The van der Waals surface area contributed by atoms with Crippen LogP contribution in [0.1, 0.15) is 52.3 Å². The van der Waals surface area contributed by atoms with Crippen molar-refractivity contribution in [2.45, 2.75) is 65.6 Å². The second kappa shape index (κ2) is 6.53. The highest BCUT2D eigenvalue weighted by Crippen LogP contribution is 2.24. The third-order valence-electron chi connectivity index (χ3n) is 3.00. The number of aromatic nitrogens is 1. The van der Waals surface area contributed by atoms with Crippen molar-refractivity contribution in [3.05, 3.63) is 11.1 Å². The first-order chi connectivity index (χ1) is 8.33. The minimum absolute atomic E-state index is 0.158. The zero-order valence-corrected chi connectivity index (χ0v) is 13.4. The molecule has 0 bridgehead atoms. The van der Waals surface area contributed by atoms with E-state index in [0.29, 0.717) is 6.04 Å². The predicted molar refractivity (Wildman–Crippen MR) is 81.5 cm³/mol. The van der Waals surface area contributed by atoms with Gasteiger partial charge in [-0.3, -0.25) is 0 Å². The van der Waals surface area contributed by atoms with E-state index in [-0.39, 0.29) is 5.54 Å². The summed E-state index contributed by atoms with van der Waals surface area (Å²) in [6.45, 7) is 11.9. The van der Waals surface area contributed by atoms with Crippen LogP contribution in [0.25, 0.3) is 0 Å². The monoisotopic (exact) mass is 269 g/mol. The number of nitrogens with one attached hydrogen (secondary N) is 1. The molecule has 3 nitrogen and oxygen atoms in total. The van der Waals surface area contributed by atoms with Gasteiger partial charge in [-0.2, -0.15) is 0 Å². The predicted octanol–water partition coefficient (Wildman–Crippen LogP) is 3.66. The van der Waals surface area contributed by atoms with Gasteiger partial charge in [0, 0.05) is 36.2 Å². The largest absolute Gasteiger partial charge is 0.348 e. The van der Waals surface area contributed by atoms with E-state index in [9.17, 15) is 0 Å². The fourth-order valence-electron chi connectivity index (χ4n) is 1.69. The molecule has 0 aliphatic heterocycles. The average molecular weight is 269 g/mol. The van der Waals surface area contributed by atoms with Crippen LogP contribution in [0.2, 0.25) is 0 Å². The van der Waals surface area contributed by atoms with Crippen molar-refractivity contribution in [3.63, 3.8) is 0 Å². The molecule has 1 unspecified atom stereocenters. The Morgan fingerprint density at radius 2 is 2.11 bits per heavy atom. The molecule has 1 aromatic rings. The van der Waals surface area contributed by atoms with Crippen molar-refractivity contribution < 1.29 is 0 Å². The summed E-state index contributed by atoms with van der Waals surface area (Å²) in [5.74, 6) is 0. The van der Waals surface area contributed by atoms with Crippen LogP contribution in [-0.4, -0.2) is 23.6 Å². The summed E-state index contributed by atoms with van der Waals surface area (Å²) in [5.41, 5.74) is 0.158. The van der Waals surface area contributed by atoms with Gasteiger partial charge in [0.1, 0.15) is 0 Å². The Labute approximate surface area is 116 Å². The lowest BCUT2D eigenvalue weighted by Gasteiger charge is -2.23.